The summed E-state index contributed by atoms with van der Waals surface area (Å²) in [5.41, 5.74) is 2.38. The molecule has 6 nitrogen and oxygen atoms in total. The largest absolute Gasteiger partial charge is 0.308 e. The first-order chi connectivity index (χ1) is 9.56. The van der Waals surface area contributed by atoms with Crippen LogP contribution in [0.15, 0.2) is 23.2 Å². The Labute approximate surface area is 121 Å². The second kappa shape index (κ2) is 8.18. The van der Waals surface area contributed by atoms with E-state index in [0.717, 1.165) is 25.7 Å². The van der Waals surface area contributed by atoms with Crippen molar-refractivity contribution in [3.05, 3.63) is 18.3 Å². The molecule has 0 spiro atoms. The molecule has 0 aliphatic carbocycles. The molecule has 1 aromatic heterocycles. The second-order valence-corrected chi connectivity index (χ2v) is 6.57. The number of anilines is 1. The number of pyridine rings is 1. The number of sulfonamides is 1. The molecule has 1 heterocycles. The van der Waals surface area contributed by atoms with Gasteiger partial charge in [-0.2, -0.15) is 4.31 Å². The smallest absolute Gasteiger partial charge is 0.244 e. The van der Waals surface area contributed by atoms with Crippen LogP contribution in [0.25, 0.3) is 0 Å². The van der Waals surface area contributed by atoms with Crippen LogP contribution in [-0.2, 0) is 10.0 Å². The molecule has 0 amide bonds. The van der Waals surface area contributed by atoms with Gasteiger partial charge in [-0.05, 0) is 25.0 Å². The molecule has 0 fully saturated rings. The summed E-state index contributed by atoms with van der Waals surface area (Å²) in [6, 6.07) is 3.09. The first kappa shape index (κ1) is 16.9. The highest BCUT2D eigenvalue weighted by molar-refractivity contribution is 7.89. The van der Waals surface area contributed by atoms with E-state index in [-0.39, 0.29) is 4.90 Å². The number of nitrogens with zero attached hydrogens (tertiary/aromatic N) is 2. The Morgan fingerprint density at radius 3 is 2.20 bits per heavy atom. The van der Waals surface area contributed by atoms with Crippen LogP contribution < -0.4 is 11.3 Å². The van der Waals surface area contributed by atoms with Crippen LogP contribution in [0, 0.1) is 0 Å². The van der Waals surface area contributed by atoms with Crippen molar-refractivity contribution in [3.8, 4) is 0 Å². The molecule has 7 heteroatoms. The Bertz CT molecular complexity index is 480. The number of aromatic nitrogens is 1. The normalized spacial score (nSPS) is 11.8. The van der Waals surface area contributed by atoms with Crippen molar-refractivity contribution in [2.75, 3.05) is 18.5 Å². The quantitative estimate of drug-likeness (QED) is 0.537. The molecule has 1 aromatic rings. The van der Waals surface area contributed by atoms with Crippen molar-refractivity contribution >= 4 is 15.8 Å². The number of nitrogen functional groups attached to an aromatic ring is 1. The van der Waals surface area contributed by atoms with Gasteiger partial charge >= 0.3 is 0 Å². The van der Waals surface area contributed by atoms with Gasteiger partial charge in [0.15, 0.2) is 0 Å². The number of nitrogens with two attached hydrogens (primary N) is 1. The first-order valence-electron chi connectivity index (χ1n) is 6.99. The van der Waals surface area contributed by atoms with E-state index in [9.17, 15) is 8.42 Å². The van der Waals surface area contributed by atoms with Crippen LogP contribution >= 0.6 is 0 Å². The number of nitrogens with one attached hydrogen (secondary N) is 1. The Morgan fingerprint density at radius 1 is 1.20 bits per heavy atom. The lowest BCUT2D eigenvalue weighted by molar-refractivity contribution is 0.395. The van der Waals surface area contributed by atoms with Gasteiger partial charge in [-0.15, -0.1) is 0 Å². The standard InChI is InChI=1S/C13H24N4O2S/c1-3-5-9-17(10-6-4-2)20(18,19)12-7-8-13(16-14)15-11-12/h7-8,11H,3-6,9-10,14H2,1-2H3,(H,15,16). The zero-order valence-electron chi connectivity index (χ0n) is 12.2. The first-order valence-corrected chi connectivity index (χ1v) is 8.43. The van der Waals surface area contributed by atoms with Crippen molar-refractivity contribution < 1.29 is 8.42 Å². The Hall–Kier alpha value is -1.18. The third-order valence-corrected chi connectivity index (χ3v) is 4.93. The number of rotatable bonds is 9. The summed E-state index contributed by atoms with van der Waals surface area (Å²) in [6.07, 6.45) is 4.99. The van der Waals surface area contributed by atoms with Crippen molar-refractivity contribution in [2.45, 2.75) is 44.4 Å². The van der Waals surface area contributed by atoms with E-state index in [1.807, 2.05) is 13.8 Å². The van der Waals surface area contributed by atoms with Gasteiger partial charge in [-0.25, -0.2) is 19.2 Å². The molecule has 0 atom stereocenters. The molecule has 0 aliphatic rings. The van der Waals surface area contributed by atoms with E-state index in [2.05, 4.69) is 10.4 Å². The van der Waals surface area contributed by atoms with E-state index in [4.69, 9.17) is 5.84 Å². The van der Waals surface area contributed by atoms with E-state index >= 15 is 0 Å². The minimum absolute atomic E-state index is 0.212. The number of hydrazine groups is 1. The number of hydrogen-bond donors (Lipinski definition) is 2. The highest BCUT2D eigenvalue weighted by atomic mass is 32.2. The molecule has 0 aliphatic heterocycles. The van der Waals surface area contributed by atoms with Gasteiger partial charge in [0.2, 0.25) is 10.0 Å². The molecule has 1 rings (SSSR count). The molecular formula is C13H24N4O2S. The molecular weight excluding hydrogens is 276 g/mol. The topological polar surface area (TPSA) is 88.3 Å². The molecule has 0 bridgehead atoms. The molecule has 3 N–H and O–H groups in total. The van der Waals surface area contributed by atoms with Gasteiger partial charge < -0.3 is 5.43 Å². The molecule has 0 saturated carbocycles. The monoisotopic (exact) mass is 300 g/mol. The third-order valence-electron chi connectivity index (χ3n) is 3.04. The number of unbranched alkanes of at least 4 members (excludes halogenated alkanes) is 2. The summed E-state index contributed by atoms with van der Waals surface area (Å²) in [4.78, 5) is 4.18. The lowest BCUT2D eigenvalue weighted by Crippen LogP contribution is -2.33. The highest BCUT2D eigenvalue weighted by Gasteiger charge is 2.23. The highest BCUT2D eigenvalue weighted by Crippen LogP contribution is 2.17. The van der Waals surface area contributed by atoms with E-state index in [1.54, 1.807) is 10.4 Å². The fourth-order valence-corrected chi connectivity index (χ4v) is 3.25. The van der Waals surface area contributed by atoms with E-state index in [1.165, 1.54) is 12.3 Å². The van der Waals surface area contributed by atoms with Crippen LogP contribution in [0.3, 0.4) is 0 Å². The second-order valence-electron chi connectivity index (χ2n) is 4.63. The van der Waals surface area contributed by atoms with Gasteiger partial charge in [-0.3, -0.25) is 0 Å². The lowest BCUT2D eigenvalue weighted by atomic mass is 10.3. The Balaban J connectivity index is 2.94. The Morgan fingerprint density at radius 2 is 1.80 bits per heavy atom. The maximum atomic E-state index is 12.6. The van der Waals surface area contributed by atoms with Crippen molar-refractivity contribution in [3.63, 3.8) is 0 Å². The van der Waals surface area contributed by atoms with Crippen LogP contribution in [0.5, 0.6) is 0 Å². The van der Waals surface area contributed by atoms with Gasteiger partial charge in [0.05, 0.1) is 0 Å². The average molecular weight is 300 g/mol. The van der Waals surface area contributed by atoms with Crippen LogP contribution in [0.2, 0.25) is 0 Å². The minimum atomic E-state index is -3.47. The molecule has 0 aromatic carbocycles. The zero-order chi connectivity index (χ0) is 15.0. The molecule has 0 unspecified atom stereocenters. The molecule has 0 radical (unpaired) electrons. The van der Waals surface area contributed by atoms with E-state index < -0.39 is 10.0 Å². The maximum absolute atomic E-state index is 12.6. The summed E-state index contributed by atoms with van der Waals surface area (Å²) in [5.74, 6) is 5.67. The SMILES string of the molecule is CCCCN(CCCC)S(=O)(=O)c1ccc(NN)nc1. The van der Waals surface area contributed by atoms with Gasteiger partial charge in [0.25, 0.3) is 0 Å². The van der Waals surface area contributed by atoms with Crippen LogP contribution in [-0.4, -0.2) is 30.8 Å². The summed E-state index contributed by atoms with van der Waals surface area (Å²) in [5, 5.41) is 0. The average Bonchev–Trinajstić information content (AvgIpc) is 2.47. The van der Waals surface area contributed by atoms with Crippen molar-refractivity contribution in [2.24, 2.45) is 5.84 Å². The fourth-order valence-electron chi connectivity index (χ4n) is 1.79. The predicted octanol–water partition coefficient (Wildman–Crippen LogP) is 1.96. The van der Waals surface area contributed by atoms with E-state index in [0.29, 0.717) is 18.9 Å². The fraction of sp³-hybridized carbons (Fsp3) is 0.615. The van der Waals surface area contributed by atoms with Gasteiger partial charge in [-0.1, -0.05) is 26.7 Å². The minimum Gasteiger partial charge on any atom is -0.308 e. The van der Waals surface area contributed by atoms with Crippen molar-refractivity contribution in [1.29, 1.82) is 0 Å². The molecule has 0 saturated heterocycles. The zero-order valence-corrected chi connectivity index (χ0v) is 13.0. The van der Waals surface area contributed by atoms with Crippen LogP contribution in [0.4, 0.5) is 5.82 Å². The maximum Gasteiger partial charge on any atom is 0.244 e. The predicted molar refractivity (Wildman–Crippen MR) is 80.6 cm³/mol. The summed E-state index contributed by atoms with van der Waals surface area (Å²) < 4.78 is 26.7. The third kappa shape index (κ3) is 4.43. The van der Waals surface area contributed by atoms with Gasteiger partial charge in [0, 0.05) is 19.3 Å². The Kier molecular flexibility index (Phi) is 6.90. The van der Waals surface area contributed by atoms with Gasteiger partial charge in [0.1, 0.15) is 10.7 Å². The summed E-state index contributed by atoms with van der Waals surface area (Å²) >= 11 is 0. The molecule has 20 heavy (non-hydrogen) atoms. The lowest BCUT2D eigenvalue weighted by Gasteiger charge is -2.21. The summed E-state index contributed by atoms with van der Waals surface area (Å²) in [7, 11) is -3.47. The number of hydrogen-bond acceptors (Lipinski definition) is 5. The summed E-state index contributed by atoms with van der Waals surface area (Å²) in [6.45, 7) is 5.20. The van der Waals surface area contributed by atoms with Crippen molar-refractivity contribution in [1.82, 2.24) is 9.29 Å². The molecule has 114 valence electrons. The van der Waals surface area contributed by atoms with Crippen LogP contribution in [0.1, 0.15) is 39.5 Å².